The van der Waals surface area contributed by atoms with Gasteiger partial charge in [0.25, 0.3) is 0 Å². The lowest BCUT2D eigenvalue weighted by Gasteiger charge is -2.44. The van der Waals surface area contributed by atoms with Gasteiger partial charge in [0, 0.05) is 31.2 Å². The zero-order chi connectivity index (χ0) is 36.4. The molecular weight excluding hydrogens is 634 g/mol. The highest BCUT2D eigenvalue weighted by molar-refractivity contribution is 5.86. The first-order valence-electron chi connectivity index (χ1n) is 19.6. The topological polar surface area (TPSA) is 134 Å². The smallest absolute Gasteiger partial charge is 0.329 e. The van der Waals surface area contributed by atoms with Crippen LogP contribution < -0.4 is 0 Å². The van der Waals surface area contributed by atoms with Crippen LogP contribution >= 0.6 is 0 Å². The first-order chi connectivity index (χ1) is 23.8. The van der Waals surface area contributed by atoms with Crippen molar-refractivity contribution in [1.82, 2.24) is 4.90 Å². The van der Waals surface area contributed by atoms with Crippen molar-refractivity contribution >= 4 is 17.7 Å². The van der Waals surface area contributed by atoms with E-state index in [4.69, 9.17) is 9.47 Å². The maximum absolute atomic E-state index is 14.0. The summed E-state index contributed by atoms with van der Waals surface area (Å²) in [7, 11) is 0. The maximum Gasteiger partial charge on any atom is 0.329 e. The van der Waals surface area contributed by atoms with Gasteiger partial charge in [0.05, 0.1) is 24.7 Å². The number of Topliss-reactive ketones (excluding diaryl/α,β-unsaturated/α-hetero) is 1. The number of piperidine rings is 1. The largest absolute Gasteiger partial charge is 0.460 e. The third kappa shape index (κ3) is 11.6. The van der Waals surface area contributed by atoms with Crippen LogP contribution in [-0.4, -0.2) is 80.7 Å². The predicted molar refractivity (Wildman–Crippen MR) is 194 cm³/mol. The molecule has 9 heteroatoms. The molecule has 0 radical (unpaired) electrons. The van der Waals surface area contributed by atoms with Crippen molar-refractivity contribution in [3.8, 4) is 0 Å². The average Bonchev–Trinajstić information content (AvgIpc) is 3.08. The Hall–Kier alpha value is -2.33. The second-order valence-corrected chi connectivity index (χ2v) is 16.3. The Kier molecular flexibility index (Phi) is 15.3. The summed E-state index contributed by atoms with van der Waals surface area (Å²) in [6.45, 7) is 10.3. The van der Waals surface area contributed by atoms with E-state index in [9.17, 15) is 29.7 Å². The molecule has 3 N–H and O–H groups in total. The SMILES string of the molecule is C\C1=C/C=C/C=C/[C@@H](C)CC[C@@H](C)C(=O)CC([C@H](C)CC2CCC(O)CC2)OC(=O)[C@@H]2CCCCN2C(=O)C[C@]2(O)O[C@@H](CC[C@H]2C)C[C@@H]1O. The Balaban J connectivity index is 1.58. The number of hydrogen-bond donors (Lipinski definition) is 3. The highest BCUT2D eigenvalue weighted by Crippen LogP contribution is 2.38. The minimum atomic E-state index is -1.72. The van der Waals surface area contributed by atoms with Crippen LogP contribution in [0.3, 0.4) is 0 Å². The van der Waals surface area contributed by atoms with Gasteiger partial charge in [-0.05, 0) is 107 Å². The van der Waals surface area contributed by atoms with Gasteiger partial charge in [0.15, 0.2) is 5.79 Å². The number of carbonyl (C=O) groups is 3. The van der Waals surface area contributed by atoms with Gasteiger partial charge in [0.1, 0.15) is 17.9 Å². The summed E-state index contributed by atoms with van der Waals surface area (Å²) in [4.78, 5) is 43.1. The lowest BCUT2D eigenvalue weighted by Crippen LogP contribution is -2.54. The standard InChI is InChI=1S/C41H65NO8/c1-27-11-7-6-8-12-28(2)36(44)24-34-21-16-31(5)41(48,50-34)26-39(46)42-22-10-9-13-35(42)40(47)49-38(25-37(45)29(3)15-14-27)30(4)23-32-17-19-33(43)20-18-32/h6-8,11-12,27,29-36,38,43-44,48H,9-10,13-26H2,1-5H3/b8-6+,11-7+,28-12+/t27-,29-,30-,31-,32?,33?,34+,35+,36+,38?,41+/m1/s1. The van der Waals surface area contributed by atoms with Crippen LogP contribution in [0.2, 0.25) is 0 Å². The van der Waals surface area contributed by atoms with E-state index in [0.29, 0.717) is 38.1 Å². The number of ether oxygens (including phenoxy) is 2. The van der Waals surface area contributed by atoms with Crippen LogP contribution in [0.5, 0.6) is 0 Å². The molecule has 4 rings (SSSR count). The van der Waals surface area contributed by atoms with Crippen molar-refractivity contribution in [3.05, 3.63) is 36.0 Å². The van der Waals surface area contributed by atoms with Crippen LogP contribution in [0.1, 0.15) is 131 Å². The fourth-order valence-electron chi connectivity index (χ4n) is 8.19. The zero-order valence-corrected chi connectivity index (χ0v) is 31.3. The van der Waals surface area contributed by atoms with Gasteiger partial charge in [-0.2, -0.15) is 0 Å². The summed E-state index contributed by atoms with van der Waals surface area (Å²) in [6.07, 6.45) is 17.0. The number of aliphatic hydroxyl groups is 3. The molecule has 1 aliphatic carbocycles. The second kappa shape index (κ2) is 19.0. The molecule has 2 saturated heterocycles. The lowest BCUT2D eigenvalue weighted by molar-refractivity contribution is -0.283. The molecule has 2 bridgehead atoms. The van der Waals surface area contributed by atoms with Crippen molar-refractivity contribution in [3.63, 3.8) is 0 Å². The van der Waals surface area contributed by atoms with Crippen molar-refractivity contribution in [2.24, 2.45) is 29.6 Å². The van der Waals surface area contributed by atoms with Crippen LogP contribution in [0.15, 0.2) is 36.0 Å². The number of cyclic esters (lactones) is 1. The monoisotopic (exact) mass is 699 g/mol. The summed E-state index contributed by atoms with van der Waals surface area (Å²) >= 11 is 0. The Bertz CT molecular complexity index is 1220. The van der Waals surface area contributed by atoms with E-state index in [1.807, 2.05) is 45.1 Å². The van der Waals surface area contributed by atoms with Crippen LogP contribution in [0, 0.1) is 29.6 Å². The number of aliphatic hydroxyl groups excluding tert-OH is 2. The third-order valence-electron chi connectivity index (χ3n) is 12.0. The highest BCUT2D eigenvalue weighted by Gasteiger charge is 2.46. The number of rotatable bonds is 3. The Morgan fingerprint density at radius 1 is 0.920 bits per heavy atom. The molecule has 3 aliphatic heterocycles. The quantitative estimate of drug-likeness (QED) is 0.281. The van der Waals surface area contributed by atoms with E-state index in [-0.39, 0.29) is 54.3 Å². The molecule has 1 unspecified atom stereocenters. The number of amides is 1. The lowest BCUT2D eigenvalue weighted by atomic mass is 9.79. The molecular formula is C41H65NO8. The number of esters is 1. The van der Waals surface area contributed by atoms with Crippen molar-refractivity contribution in [2.75, 3.05) is 6.54 Å². The first kappa shape index (κ1) is 40.4. The van der Waals surface area contributed by atoms with Crippen molar-refractivity contribution in [1.29, 1.82) is 0 Å². The van der Waals surface area contributed by atoms with E-state index < -0.39 is 36.1 Å². The molecule has 1 saturated carbocycles. The number of allylic oxidation sites excluding steroid dienone is 5. The minimum absolute atomic E-state index is 0.0579. The van der Waals surface area contributed by atoms with E-state index in [0.717, 1.165) is 63.4 Å². The van der Waals surface area contributed by atoms with Gasteiger partial charge in [-0.25, -0.2) is 4.79 Å². The van der Waals surface area contributed by atoms with Gasteiger partial charge in [-0.15, -0.1) is 0 Å². The van der Waals surface area contributed by atoms with Gasteiger partial charge in [0.2, 0.25) is 5.91 Å². The van der Waals surface area contributed by atoms with E-state index in [2.05, 4.69) is 19.9 Å². The second-order valence-electron chi connectivity index (χ2n) is 16.3. The number of hydrogen-bond acceptors (Lipinski definition) is 8. The molecule has 3 fully saturated rings. The molecule has 0 aromatic heterocycles. The fraction of sp³-hybridized carbons (Fsp3) is 0.780. The number of carbonyl (C=O) groups excluding carboxylic acids is 3. The van der Waals surface area contributed by atoms with Crippen LogP contribution in [-0.2, 0) is 23.9 Å². The highest BCUT2D eigenvalue weighted by atomic mass is 16.6. The molecule has 1 amide bonds. The molecule has 0 aromatic carbocycles. The zero-order valence-electron chi connectivity index (χ0n) is 31.3. The van der Waals surface area contributed by atoms with E-state index in [1.165, 1.54) is 0 Å². The number of nitrogens with zero attached hydrogens (tertiary/aromatic N) is 1. The summed E-state index contributed by atoms with van der Waals surface area (Å²) in [6, 6.07) is -0.789. The van der Waals surface area contributed by atoms with Gasteiger partial charge in [-0.3, -0.25) is 9.59 Å². The number of ketones is 1. The van der Waals surface area contributed by atoms with Crippen LogP contribution in [0.4, 0.5) is 0 Å². The molecule has 282 valence electrons. The fourth-order valence-corrected chi connectivity index (χ4v) is 8.19. The Labute approximate surface area is 300 Å². The molecule has 9 atom stereocenters. The third-order valence-corrected chi connectivity index (χ3v) is 12.0. The molecule has 3 heterocycles. The van der Waals surface area contributed by atoms with Gasteiger partial charge < -0.3 is 29.7 Å². The molecule has 0 aromatic rings. The van der Waals surface area contributed by atoms with Gasteiger partial charge in [-0.1, -0.05) is 58.1 Å². The Morgan fingerprint density at radius 3 is 2.40 bits per heavy atom. The molecule has 50 heavy (non-hydrogen) atoms. The minimum Gasteiger partial charge on any atom is -0.460 e. The summed E-state index contributed by atoms with van der Waals surface area (Å²) in [5.74, 6) is -2.35. The Morgan fingerprint density at radius 2 is 1.66 bits per heavy atom. The molecule has 4 aliphatic rings. The first-order valence-corrected chi connectivity index (χ1v) is 19.6. The molecule has 0 spiro atoms. The van der Waals surface area contributed by atoms with Crippen molar-refractivity contribution < 1.29 is 39.2 Å². The van der Waals surface area contributed by atoms with Crippen molar-refractivity contribution in [2.45, 2.75) is 167 Å². The summed E-state index contributed by atoms with van der Waals surface area (Å²) in [5, 5.41) is 32.7. The van der Waals surface area contributed by atoms with E-state index in [1.54, 1.807) is 4.90 Å². The predicted octanol–water partition coefficient (Wildman–Crippen LogP) is 6.59. The summed E-state index contributed by atoms with van der Waals surface area (Å²) in [5.41, 5.74) is 0.783. The van der Waals surface area contributed by atoms with Crippen LogP contribution in [0.25, 0.3) is 0 Å². The maximum atomic E-state index is 14.0. The average molecular weight is 700 g/mol. The van der Waals surface area contributed by atoms with E-state index >= 15 is 0 Å². The molecule has 9 nitrogen and oxygen atoms in total. The summed E-state index contributed by atoms with van der Waals surface area (Å²) < 4.78 is 12.5. The number of fused-ring (bicyclic) bond motifs is 3. The normalized spacial score (nSPS) is 40.7. The van der Waals surface area contributed by atoms with Gasteiger partial charge >= 0.3 is 5.97 Å².